The molecule has 0 spiro atoms. The van der Waals surface area contributed by atoms with Gasteiger partial charge in [-0.3, -0.25) is 4.79 Å². The first kappa shape index (κ1) is 16.2. The highest BCUT2D eigenvalue weighted by Gasteiger charge is 2.13. The van der Waals surface area contributed by atoms with Crippen LogP contribution in [-0.4, -0.2) is 0 Å². The largest absolute Gasteiger partial charge is 0.288 e. The summed E-state index contributed by atoms with van der Waals surface area (Å²) in [5, 5.41) is 1.81. The highest BCUT2D eigenvalue weighted by atomic mass is 32.1. The van der Waals surface area contributed by atoms with Gasteiger partial charge in [0, 0.05) is 20.2 Å². The van der Waals surface area contributed by atoms with E-state index in [2.05, 4.69) is 32.0 Å². The number of rotatable bonds is 6. The molecule has 1 unspecified atom stereocenters. The second-order valence-corrected chi connectivity index (χ2v) is 7.42. The summed E-state index contributed by atoms with van der Waals surface area (Å²) in [6.45, 7) is 4.51. The Balaban J connectivity index is 2.10. The Bertz CT molecular complexity index is 862. The van der Waals surface area contributed by atoms with Crippen LogP contribution in [0, 0.1) is 5.92 Å². The summed E-state index contributed by atoms with van der Waals surface area (Å²) in [7, 11) is 0. The van der Waals surface area contributed by atoms with Crippen molar-refractivity contribution in [1.82, 2.24) is 0 Å². The molecule has 3 aromatic rings. The molecular weight excluding hydrogens is 300 g/mol. The SMILES string of the molecule is CCCCC(CC)Cc1cccc2sc3ccccc3c(=O)c12. The second kappa shape index (κ2) is 7.27. The lowest BCUT2D eigenvalue weighted by molar-refractivity contribution is 0.450. The minimum absolute atomic E-state index is 0.204. The number of fused-ring (bicyclic) bond motifs is 2. The van der Waals surface area contributed by atoms with Crippen LogP contribution in [0.15, 0.2) is 47.3 Å². The van der Waals surface area contributed by atoms with Crippen LogP contribution in [0.1, 0.15) is 45.1 Å². The van der Waals surface area contributed by atoms with Crippen molar-refractivity contribution in [3.05, 3.63) is 58.3 Å². The van der Waals surface area contributed by atoms with Crippen molar-refractivity contribution in [2.75, 3.05) is 0 Å². The van der Waals surface area contributed by atoms with E-state index >= 15 is 0 Å². The average Bonchev–Trinajstić information content (AvgIpc) is 2.58. The van der Waals surface area contributed by atoms with Gasteiger partial charge in [-0.1, -0.05) is 63.8 Å². The van der Waals surface area contributed by atoms with Crippen LogP contribution in [-0.2, 0) is 6.42 Å². The number of hydrogen-bond acceptors (Lipinski definition) is 2. The molecule has 1 nitrogen and oxygen atoms in total. The maximum absolute atomic E-state index is 13.0. The quantitative estimate of drug-likeness (QED) is 0.495. The molecule has 1 atom stereocenters. The van der Waals surface area contributed by atoms with Gasteiger partial charge in [0.25, 0.3) is 0 Å². The molecule has 0 radical (unpaired) electrons. The lowest BCUT2D eigenvalue weighted by atomic mass is 9.90. The van der Waals surface area contributed by atoms with E-state index < -0.39 is 0 Å². The number of unbranched alkanes of at least 4 members (excludes halogenated alkanes) is 1. The Morgan fingerprint density at radius 3 is 2.57 bits per heavy atom. The zero-order chi connectivity index (χ0) is 16.2. The van der Waals surface area contributed by atoms with Crippen LogP contribution >= 0.6 is 11.3 Å². The Hall–Kier alpha value is -1.67. The smallest absolute Gasteiger partial charge is 0.196 e. The lowest BCUT2D eigenvalue weighted by Crippen LogP contribution is -2.09. The van der Waals surface area contributed by atoms with E-state index in [9.17, 15) is 4.79 Å². The Kier molecular flexibility index (Phi) is 5.12. The highest BCUT2D eigenvalue weighted by Crippen LogP contribution is 2.29. The second-order valence-electron chi connectivity index (χ2n) is 6.34. The predicted molar refractivity (Wildman–Crippen MR) is 103 cm³/mol. The summed E-state index contributed by atoms with van der Waals surface area (Å²) >= 11 is 1.73. The third kappa shape index (κ3) is 3.32. The van der Waals surface area contributed by atoms with Gasteiger partial charge in [-0.15, -0.1) is 11.3 Å². The van der Waals surface area contributed by atoms with Gasteiger partial charge >= 0.3 is 0 Å². The fraction of sp³-hybridized carbons (Fsp3) is 0.381. The van der Waals surface area contributed by atoms with Crippen molar-refractivity contribution in [2.24, 2.45) is 5.92 Å². The fourth-order valence-corrected chi connectivity index (χ4v) is 4.47. The van der Waals surface area contributed by atoms with Gasteiger partial charge < -0.3 is 0 Å². The Labute approximate surface area is 142 Å². The van der Waals surface area contributed by atoms with Crippen molar-refractivity contribution in [3.8, 4) is 0 Å². The first-order chi connectivity index (χ1) is 11.2. The van der Waals surface area contributed by atoms with E-state index in [1.165, 1.54) is 31.2 Å². The summed E-state index contributed by atoms with van der Waals surface area (Å²) < 4.78 is 2.21. The molecule has 0 fully saturated rings. The summed E-state index contributed by atoms with van der Waals surface area (Å²) in [5.41, 5.74) is 1.44. The van der Waals surface area contributed by atoms with E-state index in [-0.39, 0.29) is 5.43 Å². The average molecular weight is 324 g/mol. The molecule has 23 heavy (non-hydrogen) atoms. The van der Waals surface area contributed by atoms with Crippen LogP contribution in [0.3, 0.4) is 0 Å². The minimum atomic E-state index is 0.204. The van der Waals surface area contributed by atoms with Gasteiger partial charge in [0.2, 0.25) is 0 Å². The van der Waals surface area contributed by atoms with Crippen LogP contribution in [0.4, 0.5) is 0 Å². The van der Waals surface area contributed by atoms with E-state index in [0.717, 1.165) is 26.6 Å². The number of benzene rings is 2. The Morgan fingerprint density at radius 1 is 1.00 bits per heavy atom. The van der Waals surface area contributed by atoms with Crippen molar-refractivity contribution in [2.45, 2.75) is 46.0 Å². The van der Waals surface area contributed by atoms with E-state index in [1.54, 1.807) is 11.3 Å². The maximum Gasteiger partial charge on any atom is 0.196 e. The van der Waals surface area contributed by atoms with Crippen LogP contribution in [0.25, 0.3) is 20.2 Å². The monoisotopic (exact) mass is 324 g/mol. The molecule has 2 aromatic carbocycles. The topological polar surface area (TPSA) is 17.1 Å². The van der Waals surface area contributed by atoms with Crippen LogP contribution in [0.2, 0.25) is 0 Å². The van der Waals surface area contributed by atoms with Crippen molar-refractivity contribution in [1.29, 1.82) is 0 Å². The first-order valence-electron chi connectivity index (χ1n) is 8.68. The molecule has 120 valence electrons. The summed E-state index contributed by atoms with van der Waals surface area (Å²) in [4.78, 5) is 13.0. The normalized spacial score (nSPS) is 12.8. The van der Waals surface area contributed by atoms with Crippen molar-refractivity contribution >= 4 is 31.5 Å². The van der Waals surface area contributed by atoms with Crippen molar-refractivity contribution in [3.63, 3.8) is 0 Å². The van der Waals surface area contributed by atoms with E-state index in [4.69, 9.17) is 0 Å². The zero-order valence-electron chi connectivity index (χ0n) is 14.0. The van der Waals surface area contributed by atoms with Gasteiger partial charge in [-0.05, 0) is 36.1 Å². The van der Waals surface area contributed by atoms with E-state index in [0.29, 0.717) is 5.92 Å². The maximum atomic E-state index is 13.0. The molecular formula is C21H24OS. The number of hydrogen-bond donors (Lipinski definition) is 0. The minimum Gasteiger partial charge on any atom is -0.288 e. The van der Waals surface area contributed by atoms with Crippen molar-refractivity contribution < 1.29 is 0 Å². The van der Waals surface area contributed by atoms with Crippen LogP contribution < -0.4 is 5.43 Å². The fourth-order valence-electron chi connectivity index (χ4n) is 3.34. The van der Waals surface area contributed by atoms with Crippen LogP contribution in [0.5, 0.6) is 0 Å². The van der Waals surface area contributed by atoms with Gasteiger partial charge in [-0.25, -0.2) is 0 Å². The van der Waals surface area contributed by atoms with Gasteiger partial charge in [0.05, 0.1) is 0 Å². The highest BCUT2D eigenvalue weighted by molar-refractivity contribution is 7.24. The summed E-state index contributed by atoms with van der Waals surface area (Å²) in [6, 6.07) is 14.3. The molecule has 0 aliphatic carbocycles. The zero-order valence-corrected chi connectivity index (χ0v) is 14.8. The summed E-state index contributed by atoms with van der Waals surface area (Å²) in [5.74, 6) is 0.677. The third-order valence-electron chi connectivity index (χ3n) is 4.74. The molecule has 0 amide bonds. The summed E-state index contributed by atoms with van der Waals surface area (Å²) in [6.07, 6.45) is 5.98. The van der Waals surface area contributed by atoms with Gasteiger partial charge in [0.15, 0.2) is 5.43 Å². The molecule has 0 N–H and O–H groups in total. The molecule has 1 heterocycles. The standard InChI is InChI=1S/C21H24OS/c1-3-5-9-15(4-2)14-16-10-8-13-19-20(16)21(22)17-11-6-7-12-18(17)23-19/h6-8,10-13,15H,3-5,9,14H2,1-2H3. The Morgan fingerprint density at radius 2 is 1.78 bits per heavy atom. The van der Waals surface area contributed by atoms with Gasteiger partial charge in [-0.2, -0.15) is 0 Å². The van der Waals surface area contributed by atoms with E-state index in [1.807, 2.05) is 24.3 Å². The van der Waals surface area contributed by atoms with Gasteiger partial charge in [0.1, 0.15) is 0 Å². The first-order valence-corrected chi connectivity index (χ1v) is 9.49. The molecule has 0 aliphatic rings. The molecule has 1 aromatic heterocycles. The molecule has 0 bridgehead atoms. The predicted octanol–water partition coefficient (Wildman–Crippen LogP) is 6.17. The molecule has 0 saturated heterocycles. The third-order valence-corrected chi connectivity index (χ3v) is 5.88. The lowest BCUT2D eigenvalue weighted by Gasteiger charge is -2.15. The molecule has 0 saturated carbocycles. The molecule has 0 aliphatic heterocycles. The molecule has 2 heteroatoms. The molecule has 3 rings (SSSR count).